The molecule has 0 radical (unpaired) electrons. The van der Waals surface area contributed by atoms with Crippen LogP contribution in [0.2, 0.25) is 5.02 Å². The quantitative estimate of drug-likeness (QED) is 0.694. The van der Waals surface area contributed by atoms with E-state index in [-0.39, 0.29) is 12.5 Å². The minimum Gasteiger partial charge on any atom is -0.369 e. The highest BCUT2D eigenvalue weighted by atomic mass is 35.5. The van der Waals surface area contributed by atoms with Gasteiger partial charge in [-0.2, -0.15) is 4.80 Å². The number of hydrogen-bond donors (Lipinski definition) is 1. The van der Waals surface area contributed by atoms with Gasteiger partial charge in [0.05, 0.1) is 0 Å². The molecule has 1 N–H and O–H groups in total. The summed E-state index contributed by atoms with van der Waals surface area (Å²) in [6.45, 7) is 4.12. The van der Waals surface area contributed by atoms with Crippen LogP contribution in [0.5, 0.6) is 0 Å². The van der Waals surface area contributed by atoms with Gasteiger partial charge >= 0.3 is 0 Å². The van der Waals surface area contributed by atoms with Gasteiger partial charge in [-0.15, -0.1) is 10.2 Å². The number of benzene rings is 2. The van der Waals surface area contributed by atoms with Gasteiger partial charge in [0.2, 0.25) is 11.7 Å². The Hall–Kier alpha value is -2.97. The highest BCUT2D eigenvalue weighted by molar-refractivity contribution is 6.30. The number of carbonyl (C=O) groups excluding carboxylic acids is 1. The lowest BCUT2D eigenvalue weighted by Gasteiger charge is -2.34. The van der Waals surface area contributed by atoms with Crippen molar-refractivity contribution < 1.29 is 4.79 Å². The zero-order valence-corrected chi connectivity index (χ0v) is 16.9. The second-order valence-electron chi connectivity index (χ2n) is 7.04. The number of piperazine rings is 1. The van der Waals surface area contributed by atoms with Gasteiger partial charge in [0.25, 0.3) is 0 Å². The summed E-state index contributed by atoms with van der Waals surface area (Å²) in [5.41, 5.74) is 2.70. The zero-order chi connectivity index (χ0) is 20.2. The van der Waals surface area contributed by atoms with Crippen LogP contribution in [0.1, 0.15) is 0 Å². The van der Waals surface area contributed by atoms with E-state index in [0.29, 0.717) is 10.8 Å². The lowest BCUT2D eigenvalue weighted by atomic mass is 10.2. The highest BCUT2D eigenvalue weighted by Crippen LogP contribution is 2.20. The van der Waals surface area contributed by atoms with Crippen molar-refractivity contribution in [2.45, 2.75) is 6.54 Å². The fourth-order valence-electron chi connectivity index (χ4n) is 3.17. The Bertz CT molecular complexity index is 963. The summed E-state index contributed by atoms with van der Waals surface area (Å²) in [4.78, 5) is 18.3. The Morgan fingerprint density at radius 1 is 1.03 bits per heavy atom. The highest BCUT2D eigenvalue weighted by Gasteiger charge is 2.14. The van der Waals surface area contributed by atoms with Crippen molar-refractivity contribution in [3.63, 3.8) is 0 Å². The van der Waals surface area contributed by atoms with E-state index in [9.17, 15) is 4.79 Å². The van der Waals surface area contributed by atoms with Gasteiger partial charge in [-0.25, -0.2) is 0 Å². The first-order valence-corrected chi connectivity index (χ1v) is 9.82. The average molecular weight is 412 g/mol. The Kier molecular flexibility index (Phi) is 5.73. The number of tetrazole rings is 1. The molecule has 1 saturated heterocycles. The van der Waals surface area contributed by atoms with Crippen molar-refractivity contribution in [3.05, 3.63) is 53.6 Å². The molecule has 1 amide bonds. The molecule has 0 bridgehead atoms. The van der Waals surface area contributed by atoms with E-state index in [1.165, 1.54) is 10.5 Å². The monoisotopic (exact) mass is 411 g/mol. The van der Waals surface area contributed by atoms with Crippen LogP contribution < -0.4 is 10.2 Å². The third kappa shape index (κ3) is 4.90. The molecule has 0 saturated carbocycles. The molecule has 8 nitrogen and oxygen atoms in total. The van der Waals surface area contributed by atoms with Gasteiger partial charge in [-0.3, -0.25) is 4.79 Å². The molecule has 150 valence electrons. The van der Waals surface area contributed by atoms with Gasteiger partial charge in [-0.05, 0) is 60.8 Å². The number of amides is 1. The van der Waals surface area contributed by atoms with Crippen molar-refractivity contribution >= 4 is 28.9 Å². The molecular weight excluding hydrogens is 390 g/mol. The predicted octanol–water partition coefficient (Wildman–Crippen LogP) is 2.38. The standard InChI is InChI=1S/C20H22ClN7O/c1-26-10-12-27(13-11-26)18-8-6-17(7-9-18)22-19(29)14-28-24-20(23-25-28)15-2-4-16(21)5-3-15/h2-9H,10-14H2,1H3,(H,22,29). The van der Waals surface area contributed by atoms with Crippen molar-refractivity contribution in [2.75, 3.05) is 43.4 Å². The van der Waals surface area contributed by atoms with Gasteiger partial charge in [-0.1, -0.05) is 11.6 Å². The van der Waals surface area contributed by atoms with Crippen molar-refractivity contribution in [3.8, 4) is 11.4 Å². The Balaban J connectivity index is 1.33. The zero-order valence-electron chi connectivity index (χ0n) is 16.1. The van der Waals surface area contributed by atoms with E-state index in [4.69, 9.17) is 11.6 Å². The van der Waals surface area contributed by atoms with E-state index in [1.807, 2.05) is 36.4 Å². The average Bonchev–Trinajstić information content (AvgIpc) is 3.18. The lowest BCUT2D eigenvalue weighted by Crippen LogP contribution is -2.44. The number of hydrogen-bond acceptors (Lipinski definition) is 6. The first kappa shape index (κ1) is 19.4. The minimum absolute atomic E-state index is 0.0131. The maximum absolute atomic E-state index is 12.3. The summed E-state index contributed by atoms with van der Waals surface area (Å²) in [5, 5.41) is 15.7. The van der Waals surface area contributed by atoms with E-state index in [1.54, 1.807) is 12.1 Å². The Labute approximate surface area is 174 Å². The van der Waals surface area contributed by atoms with Crippen LogP contribution in [0.3, 0.4) is 0 Å². The van der Waals surface area contributed by atoms with Crippen LogP contribution in [-0.4, -0.2) is 64.2 Å². The second-order valence-corrected chi connectivity index (χ2v) is 7.47. The van der Waals surface area contributed by atoms with Gasteiger partial charge < -0.3 is 15.1 Å². The summed E-state index contributed by atoms with van der Waals surface area (Å²) in [7, 11) is 2.14. The molecular formula is C20H22ClN7O. The minimum atomic E-state index is -0.211. The third-order valence-corrected chi connectivity index (χ3v) is 5.11. The Morgan fingerprint density at radius 3 is 2.41 bits per heavy atom. The largest absolute Gasteiger partial charge is 0.369 e. The summed E-state index contributed by atoms with van der Waals surface area (Å²) >= 11 is 5.89. The van der Waals surface area contributed by atoms with Crippen LogP contribution in [0.4, 0.5) is 11.4 Å². The van der Waals surface area contributed by atoms with E-state index in [2.05, 4.69) is 37.6 Å². The van der Waals surface area contributed by atoms with E-state index < -0.39 is 0 Å². The van der Waals surface area contributed by atoms with Crippen LogP contribution >= 0.6 is 11.6 Å². The van der Waals surface area contributed by atoms with Gasteiger partial charge in [0.15, 0.2) is 0 Å². The smallest absolute Gasteiger partial charge is 0.248 e. The summed E-state index contributed by atoms with van der Waals surface area (Å²) < 4.78 is 0. The van der Waals surface area contributed by atoms with E-state index in [0.717, 1.165) is 37.4 Å². The molecule has 3 aromatic rings. The molecule has 1 fully saturated rings. The molecule has 0 atom stereocenters. The van der Waals surface area contributed by atoms with Crippen molar-refractivity contribution in [1.29, 1.82) is 0 Å². The van der Waals surface area contributed by atoms with E-state index >= 15 is 0 Å². The molecule has 1 aromatic heterocycles. The molecule has 2 aromatic carbocycles. The lowest BCUT2D eigenvalue weighted by molar-refractivity contribution is -0.117. The van der Waals surface area contributed by atoms with Crippen LogP contribution in [0.25, 0.3) is 11.4 Å². The number of nitrogens with zero attached hydrogens (tertiary/aromatic N) is 6. The number of anilines is 2. The van der Waals surface area contributed by atoms with Crippen molar-refractivity contribution in [2.24, 2.45) is 0 Å². The molecule has 0 spiro atoms. The first-order valence-electron chi connectivity index (χ1n) is 9.44. The summed E-state index contributed by atoms with van der Waals surface area (Å²) in [6, 6.07) is 15.0. The Morgan fingerprint density at radius 2 is 1.72 bits per heavy atom. The molecule has 0 unspecified atom stereocenters. The maximum atomic E-state index is 12.3. The number of nitrogens with one attached hydrogen (secondary N) is 1. The topological polar surface area (TPSA) is 79.2 Å². The number of rotatable bonds is 5. The first-order chi connectivity index (χ1) is 14.1. The molecule has 1 aliphatic rings. The normalized spacial score (nSPS) is 14.8. The fourth-order valence-corrected chi connectivity index (χ4v) is 3.30. The van der Waals surface area contributed by atoms with Crippen LogP contribution in [0.15, 0.2) is 48.5 Å². The number of carbonyl (C=O) groups is 1. The number of likely N-dealkylation sites (N-methyl/N-ethyl adjacent to an activating group) is 1. The SMILES string of the molecule is CN1CCN(c2ccc(NC(=O)Cn3nnc(-c4ccc(Cl)cc4)n3)cc2)CC1. The molecule has 0 aliphatic carbocycles. The fraction of sp³-hybridized carbons (Fsp3) is 0.300. The molecule has 1 aliphatic heterocycles. The molecule has 29 heavy (non-hydrogen) atoms. The molecule has 2 heterocycles. The number of aromatic nitrogens is 4. The van der Waals surface area contributed by atoms with Crippen LogP contribution in [0, 0.1) is 0 Å². The maximum Gasteiger partial charge on any atom is 0.248 e. The van der Waals surface area contributed by atoms with Gasteiger partial charge in [0.1, 0.15) is 6.54 Å². The second kappa shape index (κ2) is 8.59. The number of halogens is 1. The molecule has 4 rings (SSSR count). The van der Waals surface area contributed by atoms with Crippen LogP contribution in [-0.2, 0) is 11.3 Å². The third-order valence-electron chi connectivity index (χ3n) is 4.86. The summed E-state index contributed by atoms with van der Waals surface area (Å²) in [6.07, 6.45) is 0. The van der Waals surface area contributed by atoms with Gasteiger partial charge in [0, 0.05) is 48.1 Å². The molecule has 9 heteroatoms. The van der Waals surface area contributed by atoms with Crippen molar-refractivity contribution in [1.82, 2.24) is 25.1 Å². The summed E-state index contributed by atoms with van der Waals surface area (Å²) in [5.74, 6) is 0.239. The predicted molar refractivity (Wildman–Crippen MR) is 113 cm³/mol.